The Morgan fingerprint density at radius 2 is 2.38 bits per heavy atom. The van der Waals surface area contributed by atoms with Crippen LogP contribution in [0.15, 0.2) is 28.9 Å². The molecule has 4 rings (SSSR count). The number of amides is 1. The van der Waals surface area contributed by atoms with E-state index in [0.29, 0.717) is 12.2 Å². The first-order valence-electron chi connectivity index (χ1n) is 8.29. The number of carbonyl (C=O) groups excluding carboxylic acids is 1. The first-order chi connectivity index (χ1) is 11.7. The highest BCUT2D eigenvalue weighted by molar-refractivity contribution is 5.92. The zero-order valence-corrected chi connectivity index (χ0v) is 13.5. The predicted octanol–water partition coefficient (Wildman–Crippen LogP) is 2.53. The number of hydrogen-bond donors (Lipinski definition) is 1. The van der Waals surface area contributed by atoms with Crippen LogP contribution in [0, 0.1) is 0 Å². The summed E-state index contributed by atoms with van der Waals surface area (Å²) >= 11 is 0. The number of hydrogen-bond acceptors (Lipinski definition) is 5. The quantitative estimate of drug-likeness (QED) is 0.799. The number of nitrogens with zero attached hydrogens (tertiary/aromatic N) is 4. The molecule has 0 saturated carbocycles. The second kappa shape index (κ2) is 6.07. The van der Waals surface area contributed by atoms with Crippen LogP contribution in [0.5, 0.6) is 0 Å². The van der Waals surface area contributed by atoms with E-state index in [1.54, 1.807) is 12.3 Å². The third kappa shape index (κ3) is 2.66. The third-order valence-electron chi connectivity index (χ3n) is 4.58. The molecule has 1 aliphatic heterocycles. The number of pyridine rings is 1. The van der Waals surface area contributed by atoms with Crippen molar-refractivity contribution in [3.05, 3.63) is 41.5 Å². The highest BCUT2D eigenvalue weighted by atomic mass is 16.5. The number of nitrogens with one attached hydrogen (secondary N) is 1. The summed E-state index contributed by atoms with van der Waals surface area (Å²) in [4.78, 5) is 19.1. The summed E-state index contributed by atoms with van der Waals surface area (Å²) < 4.78 is 5.16. The molecule has 7 nitrogen and oxygen atoms in total. The number of aromatic nitrogens is 4. The lowest BCUT2D eigenvalue weighted by atomic mass is 9.94. The zero-order chi connectivity index (χ0) is 16.5. The molecule has 1 amide bonds. The van der Waals surface area contributed by atoms with Gasteiger partial charge in [-0.05, 0) is 25.0 Å². The van der Waals surface area contributed by atoms with Gasteiger partial charge < -0.3 is 9.42 Å². The Hall–Kier alpha value is -2.70. The molecule has 1 atom stereocenters. The van der Waals surface area contributed by atoms with E-state index >= 15 is 0 Å². The third-order valence-corrected chi connectivity index (χ3v) is 4.58. The predicted molar refractivity (Wildman–Crippen MR) is 87.6 cm³/mol. The van der Waals surface area contributed by atoms with Gasteiger partial charge in [0.15, 0.2) is 11.3 Å². The Kier molecular flexibility index (Phi) is 3.76. The van der Waals surface area contributed by atoms with Crippen molar-refractivity contribution in [1.29, 1.82) is 0 Å². The summed E-state index contributed by atoms with van der Waals surface area (Å²) in [7, 11) is 0. The molecule has 0 spiro atoms. The lowest BCUT2D eigenvalue weighted by molar-refractivity contribution is 0.0695. The van der Waals surface area contributed by atoms with E-state index in [0.717, 1.165) is 48.3 Å². The first kappa shape index (κ1) is 14.9. The molecule has 1 N–H and O–H groups in total. The number of rotatable bonds is 3. The van der Waals surface area contributed by atoms with Gasteiger partial charge >= 0.3 is 0 Å². The van der Waals surface area contributed by atoms with Crippen LogP contribution < -0.4 is 0 Å². The maximum atomic E-state index is 12.6. The molecule has 1 fully saturated rings. The van der Waals surface area contributed by atoms with Gasteiger partial charge in [-0.15, -0.1) is 0 Å². The fourth-order valence-corrected chi connectivity index (χ4v) is 3.21. The van der Waals surface area contributed by atoms with Gasteiger partial charge in [-0.25, -0.2) is 4.98 Å². The lowest BCUT2D eigenvalue weighted by Crippen LogP contribution is -2.39. The average molecular weight is 325 g/mol. The maximum Gasteiger partial charge on any atom is 0.276 e. The van der Waals surface area contributed by atoms with Crippen molar-refractivity contribution in [3.63, 3.8) is 0 Å². The standard InChI is InChI=1S/C17H19N5O2/c1-2-13-8-15(21-24-13)17(23)22-7-3-4-12(10-22)14-6-5-11-9-18-20-16(11)19-14/h5-6,8-9,12H,2-4,7,10H2,1H3,(H,18,19,20)/t12-/m1/s1. The first-order valence-corrected chi connectivity index (χ1v) is 8.29. The Morgan fingerprint density at radius 1 is 1.46 bits per heavy atom. The highest BCUT2D eigenvalue weighted by Crippen LogP contribution is 2.27. The second-order valence-corrected chi connectivity index (χ2v) is 6.17. The normalized spacial score (nSPS) is 18.2. The molecular formula is C17H19N5O2. The maximum absolute atomic E-state index is 12.6. The van der Waals surface area contributed by atoms with Crippen molar-refractivity contribution in [2.75, 3.05) is 13.1 Å². The van der Waals surface area contributed by atoms with E-state index in [9.17, 15) is 4.79 Å². The van der Waals surface area contributed by atoms with Crippen LogP contribution in [0.2, 0.25) is 0 Å². The Balaban J connectivity index is 1.53. The molecule has 0 aliphatic carbocycles. The number of aryl methyl sites for hydroxylation is 1. The molecular weight excluding hydrogens is 306 g/mol. The topological polar surface area (TPSA) is 87.9 Å². The Labute approximate surface area is 139 Å². The molecule has 1 saturated heterocycles. The number of piperidine rings is 1. The molecule has 0 bridgehead atoms. The summed E-state index contributed by atoms with van der Waals surface area (Å²) in [5.74, 6) is 0.900. The van der Waals surface area contributed by atoms with Crippen LogP contribution in [0.4, 0.5) is 0 Å². The van der Waals surface area contributed by atoms with E-state index in [-0.39, 0.29) is 11.8 Å². The minimum absolute atomic E-state index is 0.0641. The molecule has 0 aromatic carbocycles. The largest absolute Gasteiger partial charge is 0.361 e. The molecule has 124 valence electrons. The van der Waals surface area contributed by atoms with Gasteiger partial charge in [-0.2, -0.15) is 5.10 Å². The fraction of sp³-hybridized carbons (Fsp3) is 0.412. The fourth-order valence-electron chi connectivity index (χ4n) is 3.21. The minimum Gasteiger partial charge on any atom is -0.361 e. The number of aromatic amines is 1. The van der Waals surface area contributed by atoms with E-state index in [2.05, 4.69) is 20.3 Å². The van der Waals surface area contributed by atoms with Gasteiger partial charge in [0.25, 0.3) is 5.91 Å². The van der Waals surface area contributed by atoms with Crippen molar-refractivity contribution in [2.24, 2.45) is 0 Å². The number of likely N-dealkylation sites (tertiary alicyclic amines) is 1. The zero-order valence-electron chi connectivity index (χ0n) is 13.5. The minimum atomic E-state index is -0.0641. The van der Waals surface area contributed by atoms with Crippen LogP contribution in [-0.2, 0) is 6.42 Å². The summed E-state index contributed by atoms with van der Waals surface area (Å²) in [5.41, 5.74) is 2.18. The van der Waals surface area contributed by atoms with Crippen molar-refractivity contribution in [1.82, 2.24) is 25.2 Å². The van der Waals surface area contributed by atoms with Crippen molar-refractivity contribution < 1.29 is 9.32 Å². The summed E-state index contributed by atoms with van der Waals surface area (Å²) in [5, 5.41) is 11.8. The molecule has 4 heterocycles. The van der Waals surface area contributed by atoms with Gasteiger partial charge in [0.2, 0.25) is 0 Å². The van der Waals surface area contributed by atoms with Crippen LogP contribution in [-0.4, -0.2) is 44.2 Å². The monoisotopic (exact) mass is 325 g/mol. The van der Waals surface area contributed by atoms with Gasteiger partial charge in [-0.3, -0.25) is 9.89 Å². The van der Waals surface area contributed by atoms with E-state index in [1.807, 2.05) is 24.0 Å². The smallest absolute Gasteiger partial charge is 0.276 e. The van der Waals surface area contributed by atoms with Gasteiger partial charge in [0.1, 0.15) is 5.76 Å². The Morgan fingerprint density at radius 3 is 3.21 bits per heavy atom. The van der Waals surface area contributed by atoms with Crippen LogP contribution in [0.3, 0.4) is 0 Å². The van der Waals surface area contributed by atoms with Crippen LogP contribution >= 0.6 is 0 Å². The molecule has 1 aliphatic rings. The van der Waals surface area contributed by atoms with Gasteiger partial charge in [-0.1, -0.05) is 12.1 Å². The lowest BCUT2D eigenvalue weighted by Gasteiger charge is -2.32. The average Bonchev–Trinajstić information content (AvgIpc) is 3.29. The van der Waals surface area contributed by atoms with Crippen molar-refractivity contribution in [2.45, 2.75) is 32.1 Å². The summed E-state index contributed by atoms with van der Waals surface area (Å²) in [6, 6.07) is 5.79. The van der Waals surface area contributed by atoms with E-state index in [1.165, 1.54) is 0 Å². The van der Waals surface area contributed by atoms with Crippen molar-refractivity contribution >= 4 is 16.9 Å². The van der Waals surface area contributed by atoms with Gasteiger partial charge in [0.05, 0.1) is 6.20 Å². The molecule has 24 heavy (non-hydrogen) atoms. The molecule has 0 unspecified atom stereocenters. The van der Waals surface area contributed by atoms with E-state index < -0.39 is 0 Å². The number of carbonyl (C=O) groups is 1. The SMILES string of the molecule is CCc1cc(C(=O)N2CCC[C@@H](c3ccc4cn[nH]c4n3)C2)no1. The van der Waals surface area contributed by atoms with Crippen molar-refractivity contribution in [3.8, 4) is 0 Å². The molecule has 3 aromatic rings. The summed E-state index contributed by atoms with van der Waals surface area (Å²) in [6.07, 6.45) is 4.47. The van der Waals surface area contributed by atoms with Crippen LogP contribution in [0.1, 0.15) is 47.6 Å². The Bertz CT molecular complexity index is 869. The number of fused-ring (bicyclic) bond motifs is 1. The summed E-state index contributed by atoms with van der Waals surface area (Å²) in [6.45, 7) is 3.37. The van der Waals surface area contributed by atoms with E-state index in [4.69, 9.17) is 4.52 Å². The van der Waals surface area contributed by atoms with Crippen LogP contribution in [0.25, 0.3) is 11.0 Å². The number of H-pyrrole nitrogens is 1. The second-order valence-electron chi connectivity index (χ2n) is 6.17. The molecule has 3 aromatic heterocycles. The van der Waals surface area contributed by atoms with Gasteiger partial charge in [0, 0.05) is 42.6 Å². The molecule has 0 radical (unpaired) electrons. The molecule has 7 heteroatoms. The highest BCUT2D eigenvalue weighted by Gasteiger charge is 2.28.